The van der Waals surface area contributed by atoms with Crippen molar-refractivity contribution in [3.8, 4) is 0 Å². The van der Waals surface area contributed by atoms with Crippen molar-refractivity contribution in [3.05, 3.63) is 23.8 Å². The van der Waals surface area contributed by atoms with Gasteiger partial charge in [-0.1, -0.05) is 0 Å². The highest BCUT2D eigenvalue weighted by molar-refractivity contribution is 5.92. The normalized spacial score (nSPS) is 11.9. The van der Waals surface area contributed by atoms with E-state index in [-0.39, 0.29) is 12.2 Å². The number of nitrogens with two attached hydrogens (primary N) is 1. The second kappa shape index (κ2) is 5.17. The average Bonchev–Trinajstić information content (AvgIpc) is 2.26. The van der Waals surface area contributed by atoms with Crippen molar-refractivity contribution in [2.45, 2.75) is 13.0 Å². The summed E-state index contributed by atoms with van der Waals surface area (Å²) in [5.74, 6) is -1.41. The Labute approximate surface area is 91.7 Å². The van der Waals surface area contributed by atoms with Crippen molar-refractivity contribution in [1.29, 1.82) is 0 Å². The lowest BCUT2D eigenvalue weighted by atomic mass is 10.3. The molecule has 7 heteroatoms. The van der Waals surface area contributed by atoms with Crippen LogP contribution in [0.25, 0.3) is 0 Å². The van der Waals surface area contributed by atoms with Crippen LogP contribution < -0.4 is 11.1 Å². The molecule has 1 aromatic heterocycles. The van der Waals surface area contributed by atoms with E-state index in [0.29, 0.717) is 5.69 Å². The number of hydrogen-bond acceptors (Lipinski definition) is 5. The van der Waals surface area contributed by atoms with E-state index in [4.69, 9.17) is 10.8 Å². The molecular formula is C9H12N4O3. The molecule has 1 aromatic rings. The first kappa shape index (κ1) is 12.1. The van der Waals surface area contributed by atoms with Gasteiger partial charge in [0.1, 0.15) is 11.8 Å². The summed E-state index contributed by atoms with van der Waals surface area (Å²) in [5.41, 5.74) is 5.61. The van der Waals surface area contributed by atoms with Gasteiger partial charge < -0.3 is 16.2 Å². The first-order valence-corrected chi connectivity index (χ1v) is 4.55. The van der Waals surface area contributed by atoms with E-state index in [1.165, 1.54) is 12.4 Å². The summed E-state index contributed by atoms with van der Waals surface area (Å²) in [6.45, 7) is 1.50. The van der Waals surface area contributed by atoms with Gasteiger partial charge in [0.2, 0.25) is 5.91 Å². The number of hydrogen-bond donors (Lipinski definition) is 3. The van der Waals surface area contributed by atoms with Crippen LogP contribution in [0.4, 0.5) is 0 Å². The summed E-state index contributed by atoms with van der Waals surface area (Å²) >= 11 is 0. The fourth-order valence-corrected chi connectivity index (χ4v) is 0.890. The topological polar surface area (TPSA) is 118 Å². The highest BCUT2D eigenvalue weighted by atomic mass is 16.3. The van der Waals surface area contributed by atoms with Gasteiger partial charge in [-0.25, -0.2) is 4.98 Å². The summed E-state index contributed by atoms with van der Waals surface area (Å²) in [5, 5.41) is 11.3. The Morgan fingerprint density at radius 1 is 1.50 bits per heavy atom. The molecule has 0 radical (unpaired) electrons. The smallest absolute Gasteiger partial charge is 0.271 e. The van der Waals surface area contributed by atoms with E-state index >= 15 is 0 Å². The zero-order chi connectivity index (χ0) is 12.1. The Morgan fingerprint density at radius 2 is 2.19 bits per heavy atom. The molecule has 1 heterocycles. The van der Waals surface area contributed by atoms with Crippen molar-refractivity contribution in [1.82, 2.24) is 15.3 Å². The lowest BCUT2D eigenvalue weighted by Gasteiger charge is -2.07. The second-order valence-electron chi connectivity index (χ2n) is 3.17. The molecule has 86 valence electrons. The highest BCUT2D eigenvalue weighted by Crippen LogP contribution is 1.93. The molecule has 0 aromatic carbocycles. The van der Waals surface area contributed by atoms with Crippen LogP contribution >= 0.6 is 0 Å². The molecule has 0 saturated carbocycles. The van der Waals surface area contributed by atoms with Gasteiger partial charge in [-0.2, -0.15) is 0 Å². The third-order valence-corrected chi connectivity index (χ3v) is 1.80. The molecule has 1 rings (SSSR count). The molecule has 4 N–H and O–H groups in total. The van der Waals surface area contributed by atoms with E-state index < -0.39 is 17.9 Å². The quantitative estimate of drug-likeness (QED) is 0.567. The molecule has 1 unspecified atom stereocenters. The molecule has 0 aliphatic rings. The molecule has 0 spiro atoms. The minimum atomic E-state index is -1.40. The first-order chi connectivity index (χ1) is 7.50. The Kier molecular flexibility index (Phi) is 3.90. The number of aryl methyl sites for hydroxylation is 1. The third-order valence-electron chi connectivity index (χ3n) is 1.80. The standard InChI is InChI=1S/C9H12N4O3/c1-5-2-12-6(3-11-5)9(16)13-4-7(14)8(10)15/h2-3,7,14H,4H2,1H3,(H2,10,15)(H,13,16). The number of primary amides is 1. The number of aromatic nitrogens is 2. The van der Waals surface area contributed by atoms with Crippen LogP contribution in [0.1, 0.15) is 16.2 Å². The van der Waals surface area contributed by atoms with E-state index in [1.807, 2.05) is 0 Å². The average molecular weight is 224 g/mol. The van der Waals surface area contributed by atoms with Crippen LogP contribution in [0.15, 0.2) is 12.4 Å². The van der Waals surface area contributed by atoms with Gasteiger partial charge in [0, 0.05) is 6.20 Å². The Bertz CT molecular complexity index is 390. The van der Waals surface area contributed by atoms with E-state index in [0.717, 1.165) is 0 Å². The molecule has 7 nitrogen and oxygen atoms in total. The number of carbonyl (C=O) groups is 2. The SMILES string of the molecule is Cc1cnc(C(=O)NCC(O)C(N)=O)cn1. The summed E-state index contributed by atoms with van der Waals surface area (Å²) in [7, 11) is 0. The molecule has 0 saturated heterocycles. The van der Waals surface area contributed by atoms with Crippen molar-refractivity contribution in [2.24, 2.45) is 5.73 Å². The Morgan fingerprint density at radius 3 is 2.69 bits per heavy atom. The van der Waals surface area contributed by atoms with Crippen molar-refractivity contribution in [3.63, 3.8) is 0 Å². The van der Waals surface area contributed by atoms with E-state index in [2.05, 4.69) is 15.3 Å². The predicted molar refractivity (Wildman–Crippen MR) is 54.3 cm³/mol. The molecular weight excluding hydrogens is 212 g/mol. The number of aliphatic hydroxyl groups is 1. The minimum absolute atomic E-state index is 0.113. The van der Waals surface area contributed by atoms with Crippen LogP contribution in [0, 0.1) is 6.92 Å². The predicted octanol–water partition coefficient (Wildman–Crippen LogP) is -1.64. The number of amides is 2. The molecule has 2 amide bonds. The van der Waals surface area contributed by atoms with E-state index in [9.17, 15) is 9.59 Å². The number of nitrogens with one attached hydrogen (secondary N) is 1. The summed E-state index contributed by atoms with van der Waals surface area (Å²) in [4.78, 5) is 29.6. The van der Waals surface area contributed by atoms with Gasteiger partial charge in [-0.3, -0.25) is 14.6 Å². The van der Waals surface area contributed by atoms with Crippen molar-refractivity contribution < 1.29 is 14.7 Å². The molecule has 0 fully saturated rings. The zero-order valence-electron chi connectivity index (χ0n) is 8.67. The van der Waals surface area contributed by atoms with Gasteiger partial charge in [0.25, 0.3) is 5.91 Å². The van der Waals surface area contributed by atoms with Crippen LogP contribution in [0.5, 0.6) is 0 Å². The minimum Gasteiger partial charge on any atom is -0.381 e. The van der Waals surface area contributed by atoms with Crippen molar-refractivity contribution in [2.75, 3.05) is 6.54 Å². The lowest BCUT2D eigenvalue weighted by molar-refractivity contribution is -0.125. The van der Waals surface area contributed by atoms with Crippen LogP contribution in [0.2, 0.25) is 0 Å². The summed E-state index contributed by atoms with van der Waals surface area (Å²) in [6, 6.07) is 0. The Balaban J connectivity index is 2.53. The lowest BCUT2D eigenvalue weighted by Crippen LogP contribution is -2.40. The van der Waals surface area contributed by atoms with Crippen molar-refractivity contribution >= 4 is 11.8 Å². The third kappa shape index (κ3) is 3.28. The van der Waals surface area contributed by atoms with Gasteiger partial charge in [-0.05, 0) is 6.92 Å². The maximum Gasteiger partial charge on any atom is 0.271 e. The first-order valence-electron chi connectivity index (χ1n) is 4.55. The number of aliphatic hydroxyl groups excluding tert-OH is 1. The van der Waals surface area contributed by atoms with Gasteiger partial charge in [-0.15, -0.1) is 0 Å². The summed E-state index contributed by atoms with van der Waals surface area (Å²) in [6.07, 6.45) is 1.35. The largest absolute Gasteiger partial charge is 0.381 e. The van der Waals surface area contributed by atoms with Gasteiger partial charge in [0.05, 0.1) is 18.4 Å². The number of carbonyl (C=O) groups excluding carboxylic acids is 2. The second-order valence-corrected chi connectivity index (χ2v) is 3.17. The number of nitrogens with zero attached hydrogens (tertiary/aromatic N) is 2. The van der Waals surface area contributed by atoms with Crippen LogP contribution in [-0.2, 0) is 4.79 Å². The molecule has 16 heavy (non-hydrogen) atoms. The van der Waals surface area contributed by atoms with Gasteiger partial charge >= 0.3 is 0 Å². The number of rotatable bonds is 4. The molecule has 0 aliphatic heterocycles. The fraction of sp³-hybridized carbons (Fsp3) is 0.333. The van der Waals surface area contributed by atoms with Crippen LogP contribution in [0.3, 0.4) is 0 Å². The maximum absolute atomic E-state index is 11.4. The van der Waals surface area contributed by atoms with Crippen LogP contribution in [-0.4, -0.2) is 39.5 Å². The van der Waals surface area contributed by atoms with Gasteiger partial charge in [0.15, 0.2) is 0 Å². The Hall–Kier alpha value is -2.02. The molecule has 1 atom stereocenters. The zero-order valence-corrected chi connectivity index (χ0v) is 8.67. The maximum atomic E-state index is 11.4. The fourth-order valence-electron chi connectivity index (χ4n) is 0.890. The highest BCUT2D eigenvalue weighted by Gasteiger charge is 2.13. The molecule has 0 aliphatic carbocycles. The monoisotopic (exact) mass is 224 g/mol. The van der Waals surface area contributed by atoms with E-state index in [1.54, 1.807) is 6.92 Å². The summed E-state index contributed by atoms with van der Waals surface area (Å²) < 4.78 is 0. The molecule has 0 bridgehead atoms.